The largest absolute Gasteiger partial charge is 0.508 e. The summed E-state index contributed by atoms with van der Waals surface area (Å²) in [7, 11) is 0. The van der Waals surface area contributed by atoms with Gasteiger partial charge in [-0.2, -0.15) is 0 Å². The maximum Gasteiger partial charge on any atom is 0.407 e. The monoisotopic (exact) mass is 460 g/mol. The third kappa shape index (κ3) is 7.08. The van der Waals surface area contributed by atoms with Crippen LogP contribution in [0.5, 0.6) is 11.5 Å². The molecule has 3 rings (SSSR count). The van der Waals surface area contributed by atoms with E-state index >= 15 is 0 Å². The summed E-state index contributed by atoms with van der Waals surface area (Å²) in [5, 5.41) is 21.6. The highest BCUT2D eigenvalue weighted by molar-refractivity contribution is 5.72. The number of piperidine rings is 1. The van der Waals surface area contributed by atoms with E-state index in [4.69, 9.17) is 9.47 Å². The van der Waals surface area contributed by atoms with Crippen molar-refractivity contribution in [2.75, 3.05) is 32.8 Å². The van der Waals surface area contributed by atoms with Crippen molar-refractivity contribution in [1.29, 1.82) is 0 Å². The Bertz CT molecular complexity index is 952. The molecule has 0 radical (unpaired) electrons. The first-order valence-corrected chi connectivity index (χ1v) is 10.9. The highest BCUT2D eigenvalue weighted by Gasteiger charge is 2.33. The van der Waals surface area contributed by atoms with Gasteiger partial charge in [-0.3, -0.25) is 4.79 Å². The van der Waals surface area contributed by atoms with Gasteiger partial charge in [-0.05, 0) is 42.2 Å². The van der Waals surface area contributed by atoms with E-state index in [0.717, 1.165) is 11.1 Å². The van der Waals surface area contributed by atoms with E-state index in [2.05, 4.69) is 5.32 Å². The van der Waals surface area contributed by atoms with Crippen LogP contribution < -0.4 is 10.1 Å². The molecule has 0 aliphatic carbocycles. The number of phenolic OH excluding ortho intramolecular Hbond substituents is 1. The number of nitrogens with one attached hydrogen (secondary N) is 1. The Kier molecular flexibility index (Phi) is 8.48. The molecule has 2 unspecified atom stereocenters. The Balaban J connectivity index is 1.60. The Morgan fingerprint density at radius 3 is 2.64 bits per heavy atom. The zero-order chi connectivity index (χ0) is 23.8. The van der Waals surface area contributed by atoms with Crippen molar-refractivity contribution in [3.8, 4) is 11.5 Å². The summed E-state index contributed by atoms with van der Waals surface area (Å²) in [6, 6.07) is 11.1. The van der Waals surface area contributed by atoms with E-state index in [1.807, 2.05) is 12.1 Å². The number of hydrogen-bond donors (Lipinski definition) is 3. The van der Waals surface area contributed by atoms with E-state index in [-0.39, 0.29) is 43.4 Å². The van der Waals surface area contributed by atoms with Gasteiger partial charge in [0.2, 0.25) is 5.91 Å². The number of likely N-dealkylation sites (tertiary alicyclic amines) is 1. The number of benzene rings is 2. The topological polar surface area (TPSA) is 108 Å². The number of carbonyl (C=O) groups excluding carboxylic acids is 1. The molecule has 1 heterocycles. The summed E-state index contributed by atoms with van der Waals surface area (Å²) in [6.07, 6.45) is -0.281. The smallest absolute Gasteiger partial charge is 0.407 e. The normalized spacial score (nSPS) is 18.1. The number of nitrogens with zero attached hydrogens (tertiary/aromatic N) is 1. The molecule has 1 aliphatic rings. The van der Waals surface area contributed by atoms with Gasteiger partial charge in [-0.1, -0.05) is 18.2 Å². The van der Waals surface area contributed by atoms with Gasteiger partial charge in [0, 0.05) is 32.0 Å². The van der Waals surface area contributed by atoms with Gasteiger partial charge in [0.05, 0.1) is 19.3 Å². The van der Waals surface area contributed by atoms with E-state index in [0.29, 0.717) is 31.7 Å². The third-order valence-electron chi connectivity index (χ3n) is 5.62. The minimum atomic E-state index is -0.993. The fourth-order valence-corrected chi connectivity index (χ4v) is 3.96. The Labute approximate surface area is 191 Å². The molecule has 1 fully saturated rings. The van der Waals surface area contributed by atoms with Crippen LogP contribution >= 0.6 is 0 Å². The number of phenols is 1. The maximum atomic E-state index is 13.7. The lowest BCUT2D eigenvalue weighted by molar-refractivity contribution is -0.118. The average molecular weight is 461 g/mol. The van der Waals surface area contributed by atoms with E-state index in [1.54, 1.807) is 18.2 Å². The van der Waals surface area contributed by atoms with Crippen LogP contribution in [0, 0.1) is 5.82 Å². The number of carboxylic acid groups (broad SMARTS) is 1. The quantitative estimate of drug-likeness (QED) is 0.496. The summed E-state index contributed by atoms with van der Waals surface area (Å²) in [5.74, 6) is -0.0413. The number of hydrogen-bond acceptors (Lipinski definition) is 5. The van der Waals surface area contributed by atoms with Gasteiger partial charge >= 0.3 is 6.09 Å². The molecule has 33 heavy (non-hydrogen) atoms. The van der Waals surface area contributed by atoms with Crippen LogP contribution in [0.25, 0.3) is 0 Å². The van der Waals surface area contributed by atoms with Gasteiger partial charge < -0.3 is 29.9 Å². The standard InChI is InChI=1S/C24H29FN2O6/c1-16(28)26-10-8-18-2-5-19(25)14-22(18)32-12-13-33-23-15-27(24(30)31)11-9-21(23)17-3-6-20(29)7-4-17/h2-7,14,21,23,29H,8-13,15H2,1H3,(H,26,28)(H,30,31). The van der Waals surface area contributed by atoms with Crippen LogP contribution in [0.4, 0.5) is 9.18 Å². The van der Waals surface area contributed by atoms with E-state index in [1.165, 1.54) is 24.0 Å². The number of amides is 2. The zero-order valence-electron chi connectivity index (χ0n) is 18.5. The minimum Gasteiger partial charge on any atom is -0.508 e. The second-order valence-electron chi connectivity index (χ2n) is 7.96. The molecule has 2 aromatic rings. The summed E-state index contributed by atoms with van der Waals surface area (Å²) in [4.78, 5) is 23.9. The summed E-state index contributed by atoms with van der Waals surface area (Å²) < 4.78 is 25.5. The van der Waals surface area contributed by atoms with Crippen molar-refractivity contribution in [3.05, 3.63) is 59.4 Å². The van der Waals surface area contributed by atoms with Crippen molar-refractivity contribution in [2.24, 2.45) is 0 Å². The van der Waals surface area contributed by atoms with Crippen LogP contribution in [0.1, 0.15) is 30.4 Å². The Morgan fingerprint density at radius 2 is 1.94 bits per heavy atom. The van der Waals surface area contributed by atoms with Crippen molar-refractivity contribution in [3.63, 3.8) is 0 Å². The van der Waals surface area contributed by atoms with Gasteiger partial charge in [0.1, 0.15) is 23.9 Å². The SMILES string of the molecule is CC(=O)NCCc1ccc(F)cc1OCCOC1CN(C(=O)O)CCC1c1ccc(O)cc1. The van der Waals surface area contributed by atoms with Crippen molar-refractivity contribution in [2.45, 2.75) is 31.8 Å². The van der Waals surface area contributed by atoms with Crippen molar-refractivity contribution in [1.82, 2.24) is 10.2 Å². The van der Waals surface area contributed by atoms with Crippen LogP contribution in [-0.4, -0.2) is 66.1 Å². The van der Waals surface area contributed by atoms with Crippen LogP contribution in [0.15, 0.2) is 42.5 Å². The molecule has 3 N–H and O–H groups in total. The molecule has 0 spiro atoms. The molecule has 0 bridgehead atoms. The molecular weight excluding hydrogens is 431 g/mol. The predicted octanol–water partition coefficient (Wildman–Crippen LogP) is 3.14. The first kappa shape index (κ1) is 24.3. The van der Waals surface area contributed by atoms with Gasteiger partial charge in [-0.25, -0.2) is 9.18 Å². The summed E-state index contributed by atoms with van der Waals surface area (Å²) in [5.41, 5.74) is 1.73. The average Bonchev–Trinajstić information content (AvgIpc) is 2.78. The van der Waals surface area contributed by atoms with E-state index < -0.39 is 11.9 Å². The molecule has 1 saturated heterocycles. The van der Waals surface area contributed by atoms with Crippen LogP contribution in [-0.2, 0) is 16.0 Å². The van der Waals surface area contributed by atoms with Gasteiger partial charge in [0.25, 0.3) is 0 Å². The molecule has 9 heteroatoms. The predicted molar refractivity (Wildman–Crippen MR) is 119 cm³/mol. The molecule has 0 saturated carbocycles. The number of rotatable bonds is 9. The molecule has 2 aromatic carbocycles. The highest BCUT2D eigenvalue weighted by atomic mass is 19.1. The fourth-order valence-electron chi connectivity index (χ4n) is 3.96. The van der Waals surface area contributed by atoms with Gasteiger partial charge in [0.15, 0.2) is 0 Å². The van der Waals surface area contributed by atoms with Crippen molar-refractivity contribution >= 4 is 12.0 Å². The molecule has 0 aromatic heterocycles. The Hall–Kier alpha value is -3.33. The molecule has 178 valence electrons. The molecular formula is C24H29FN2O6. The second-order valence-corrected chi connectivity index (χ2v) is 7.96. The fraction of sp³-hybridized carbons (Fsp3) is 0.417. The second kappa shape index (κ2) is 11.5. The van der Waals surface area contributed by atoms with Crippen molar-refractivity contribution < 1.29 is 33.7 Å². The lowest BCUT2D eigenvalue weighted by atomic mass is 9.87. The lowest BCUT2D eigenvalue weighted by Crippen LogP contribution is -2.46. The third-order valence-corrected chi connectivity index (χ3v) is 5.62. The van der Waals surface area contributed by atoms with Gasteiger partial charge in [-0.15, -0.1) is 0 Å². The first-order chi connectivity index (χ1) is 15.8. The summed E-state index contributed by atoms with van der Waals surface area (Å²) in [6.45, 7) is 2.81. The Morgan fingerprint density at radius 1 is 1.18 bits per heavy atom. The van der Waals surface area contributed by atoms with Crippen LogP contribution in [0.3, 0.4) is 0 Å². The number of carbonyl (C=O) groups is 2. The number of halogens is 1. The molecule has 1 aliphatic heterocycles. The molecule has 8 nitrogen and oxygen atoms in total. The van der Waals surface area contributed by atoms with E-state index in [9.17, 15) is 24.2 Å². The zero-order valence-corrected chi connectivity index (χ0v) is 18.5. The lowest BCUT2D eigenvalue weighted by Gasteiger charge is -2.37. The first-order valence-electron chi connectivity index (χ1n) is 10.9. The maximum absolute atomic E-state index is 13.7. The number of aromatic hydroxyl groups is 1. The minimum absolute atomic E-state index is 0.0245. The number of ether oxygens (including phenoxy) is 2. The summed E-state index contributed by atoms with van der Waals surface area (Å²) >= 11 is 0. The van der Waals surface area contributed by atoms with Crippen LogP contribution in [0.2, 0.25) is 0 Å². The molecule has 2 atom stereocenters. The highest BCUT2D eigenvalue weighted by Crippen LogP contribution is 2.31. The molecule has 2 amide bonds.